The van der Waals surface area contributed by atoms with Gasteiger partial charge in [-0.1, -0.05) is 11.6 Å². The number of hydrogen-bond donors (Lipinski definition) is 2. The summed E-state index contributed by atoms with van der Waals surface area (Å²) in [5.74, 6) is -1.62. The van der Waals surface area contributed by atoms with Crippen LogP contribution in [0.3, 0.4) is 0 Å². The van der Waals surface area contributed by atoms with Crippen LogP contribution in [0.15, 0.2) is 36.4 Å². The molecule has 0 saturated heterocycles. The van der Waals surface area contributed by atoms with Crippen LogP contribution < -0.4 is 15.4 Å². The molecular weight excluding hydrogens is 302 g/mol. The fraction of sp³-hybridized carbons (Fsp3) is 0.0714. The molecule has 0 heterocycles. The highest BCUT2D eigenvalue weighted by atomic mass is 35.5. The Hall–Kier alpha value is -2.34. The lowest BCUT2D eigenvalue weighted by atomic mass is 10.3. The Morgan fingerprint density at radius 1 is 1.10 bits per heavy atom. The third kappa shape index (κ3) is 3.82. The maximum absolute atomic E-state index is 13.0. The molecule has 0 spiro atoms. The average Bonchev–Trinajstić information content (AvgIpc) is 2.43. The predicted octanol–water partition coefficient (Wildman–Crippen LogP) is 4.27. The lowest BCUT2D eigenvalue weighted by Gasteiger charge is -2.11. The fourth-order valence-corrected chi connectivity index (χ4v) is 1.81. The number of hydrogen-bond acceptors (Lipinski definition) is 2. The number of halogens is 3. The largest absolute Gasteiger partial charge is 0.495 e. The number of urea groups is 1. The van der Waals surface area contributed by atoms with Crippen LogP contribution in [-0.2, 0) is 0 Å². The monoisotopic (exact) mass is 312 g/mol. The summed E-state index contributed by atoms with van der Waals surface area (Å²) in [6.07, 6.45) is 0. The normalized spacial score (nSPS) is 10.1. The van der Waals surface area contributed by atoms with Crippen molar-refractivity contribution in [3.63, 3.8) is 0 Å². The number of amides is 2. The van der Waals surface area contributed by atoms with E-state index in [9.17, 15) is 13.6 Å². The van der Waals surface area contributed by atoms with E-state index in [-0.39, 0.29) is 5.69 Å². The van der Waals surface area contributed by atoms with E-state index in [4.69, 9.17) is 16.3 Å². The van der Waals surface area contributed by atoms with Gasteiger partial charge in [0.25, 0.3) is 0 Å². The molecule has 0 aliphatic carbocycles. The van der Waals surface area contributed by atoms with Crippen LogP contribution in [0.1, 0.15) is 0 Å². The molecule has 7 heteroatoms. The summed E-state index contributed by atoms with van der Waals surface area (Å²) in [5.41, 5.74) is 0.470. The third-order valence-electron chi connectivity index (χ3n) is 2.59. The van der Waals surface area contributed by atoms with E-state index >= 15 is 0 Å². The van der Waals surface area contributed by atoms with Crippen LogP contribution in [0.2, 0.25) is 5.02 Å². The molecule has 0 unspecified atom stereocenters. The average molecular weight is 313 g/mol. The lowest BCUT2D eigenvalue weighted by molar-refractivity contribution is 0.262. The number of rotatable bonds is 3. The second-order valence-corrected chi connectivity index (χ2v) is 4.49. The van der Waals surface area contributed by atoms with Crippen LogP contribution in [0.25, 0.3) is 0 Å². The van der Waals surface area contributed by atoms with E-state index < -0.39 is 17.7 Å². The van der Waals surface area contributed by atoms with Crippen molar-refractivity contribution in [3.8, 4) is 5.75 Å². The molecule has 2 N–H and O–H groups in total. The molecule has 0 aliphatic rings. The second kappa shape index (κ2) is 6.41. The summed E-state index contributed by atoms with van der Waals surface area (Å²) < 4.78 is 30.9. The van der Waals surface area contributed by atoms with Gasteiger partial charge in [0.05, 0.1) is 12.8 Å². The Balaban J connectivity index is 2.11. The number of nitrogens with one attached hydrogen (secondary N) is 2. The minimum atomic E-state index is -1.05. The first-order valence-electron chi connectivity index (χ1n) is 5.86. The van der Waals surface area contributed by atoms with Gasteiger partial charge < -0.3 is 15.4 Å². The number of carbonyl (C=O) groups is 1. The van der Waals surface area contributed by atoms with E-state index in [1.165, 1.54) is 19.2 Å². The summed E-state index contributed by atoms with van der Waals surface area (Å²) in [4.78, 5) is 11.8. The van der Waals surface area contributed by atoms with Crippen molar-refractivity contribution < 1.29 is 18.3 Å². The molecule has 0 atom stereocenters. The number of methoxy groups -OCH3 is 1. The molecule has 110 valence electrons. The summed E-state index contributed by atoms with van der Waals surface area (Å²) in [5, 5.41) is 5.30. The smallest absolute Gasteiger partial charge is 0.323 e. The second-order valence-electron chi connectivity index (χ2n) is 4.05. The molecule has 4 nitrogen and oxygen atoms in total. The van der Waals surface area contributed by atoms with Gasteiger partial charge in [-0.3, -0.25) is 0 Å². The zero-order chi connectivity index (χ0) is 15.4. The van der Waals surface area contributed by atoms with Crippen molar-refractivity contribution in [2.24, 2.45) is 0 Å². The number of benzene rings is 2. The van der Waals surface area contributed by atoms with E-state index in [0.29, 0.717) is 16.5 Å². The van der Waals surface area contributed by atoms with E-state index in [0.717, 1.165) is 12.1 Å². The lowest BCUT2D eigenvalue weighted by Crippen LogP contribution is -2.20. The molecule has 21 heavy (non-hydrogen) atoms. The summed E-state index contributed by atoms with van der Waals surface area (Å²) in [6.45, 7) is 0. The Morgan fingerprint density at radius 2 is 1.86 bits per heavy atom. The molecule has 2 rings (SSSR count). The van der Waals surface area contributed by atoms with Crippen molar-refractivity contribution in [1.82, 2.24) is 0 Å². The molecule has 0 aliphatic heterocycles. The molecule has 2 amide bonds. The predicted molar refractivity (Wildman–Crippen MR) is 77.0 cm³/mol. The molecule has 0 fully saturated rings. The van der Waals surface area contributed by atoms with Gasteiger partial charge in [-0.05, 0) is 30.3 Å². The highest BCUT2D eigenvalue weighted by Crippen LogP contribution is 2.27. The van der Waals surface area contributed by atoms with Gasteiger partial charge in [0, 0.05) is 16.8 Å². The SMILES string of the molecule is COc1ccc(Cl)cc1NC(=O)Nc1ccc(F)c(F)c1. The molecule has 2 aromatic rings. The van der Waals surface area contributed by atoms with Crippen molar-refractivity contribution in [2.75, 3.05) is 17.7 Å². The zero-order valence-corrected chi connectivity index (χ0v) is 11.7. The minimum absolute atomic E-state index is 0.118. The Labute approximate surface area is 124 Å². The van der Waals surface area contributed by atoms with Crippen molar-refractivity contribution in [2.45, 2.75) is 0 Å². The molecule has 2 aromatic carbocycles. The molecule has 0 radical (unpaired) electrons. The number of anilines is 2. The van der Waals surface area contributed by atoms with Gasteiger partial charge >= 0.3 is 6.03 Å². The van der Waals surface area contributed by atoms with Crippen molar-refractivity contribution in [1.29, 1.82) is 0 Å². The fourth-order valence-electron chi connectivity index (χ4n) is 1.64. The third-order valence-corrected chi connectivity index (χ3v) is 2.82. The zero-order valence-electron chi connectivity index (χ0n) is 10.9. The Morgan fingerprint density at radius 3 is 2.52 bits per heavy atom. The highest BCUT2D eigenvalue weighted by molar-refractivity contribution is 6.31. The summed E-state index contributed by atoms with van der Waals surface area (Å²) >= 11 is 5.84. The Kier molecular flexibility index (Phi) is 4.59. The molecular formula is C14H11ClF2N2O2. The van der Waals surface area contributed by atoms with Crippen LogP contribution in [-0.4, -0.2) is 13.1 Å². The maximum atomic E-state index is 13.0. The topological polar surface area (TPSA) is 50.4 Å². The van der Waals surface area contributed by atoms with E-state index in [1.54, 1.807) is 12.1 Å². The molecule has 0 bridgehead atoms. The molecule has 0 saturated carbocycles. The van der Waals surface area contributed by atoms with Crippen molar-refractivity contribution >= 4 is 29.0 Å². The van der Waals surface area contributed by atoms with Crippen LogP contribution in [0.5, 0.6) is 5.75 Å². The van der Waals surface area contributed by atoms with Crippen LogP contribution in [0.4, 0.5) is 25.0 Å². The maximum Gasteiger partial charge on any atom is 0.323 e. The van der Waals surface area contributed by atoms with Gasteiger partial charge in [-0.25, -0.2) is 13.6 Å². The van der Waals surface area contributed by atoms with Crippen LogP contribution >= 0.6 is 11.6 Å². The number of ether oxygens (including phenoxy) is 1. The van der Waals surface area contributed by atoms with Crippen LogP contribution in [0, 0.1) is 11.6 Å². The van der Waals surface area contributed by atoms with Crippen molar-refractivity contribution in [3.05, 3.63) is 53.1 Å². The first-order valence-corrected chi connectivity index (χ1v) is 6.24. The highest BCUT2D eigenvalue weighted by Gasteiger charge is 2.10. The van der Waals surface area contributed by atoms with Gasteiger partial charge in [0.2, 0.25) is 0 Å². The van der Waals surface area contributed by atoms with E-state index in [2.05, 4.69) is 10.6 Å². The van der Waals surface area contributed by atoms with E-state index in [1.807, 2.05) is 0 Å². The Bertz CT molecular complexity index is 680. The summed E-state index contributed by atoms with van der Waals surface area (Å²) in [6, 6.07) is 7.11. The standard InChI is InChI=1S/C14H11ClF2N2O2/c1-21-13-5-2-8(15)6-12(13)19-14(20)18-9-3-4-10(16)11(17)7-9/h2-7H,1H3,(H2,18,19,20). The quantitative estimate of drug-likeness (QED) is 0.889. The number of carbonyl (C=O) groups excluding carboxylic acids is 1. The van der Waals surface area contributed by atoms with Gasteiger partial charge in [-0.15, -0.1) is 0 Å². The molecule has 0 aromatic heterocycles. The van der Waals surface area contributed by atoms with Gasteiger partial charge in [0.15, 0.2) is 11.6 Å². The first-order chi connectivity index (χ1) is 9.99. The summed E-state index contributed by atoms with van der Waals surface area (Å²) in [7, 11) is 1.45. The first kappa shape index (κ1) is 15.1. The van der Waals surface area contributed by atoms with Gasteiger partial charge in [-0.2, -0.15) is 0 Å². The minimum Gasteiger partial charge on any atom is -0.495 e. The van der Waals surface area contributed by atoms with Gasteiger partial charge in [0.1, 0.15) is 5.75 Å².